The fraction of sp³-hybridized carbons (Fsp3) is 0.364. The zero-order valence-corrected chi connectivity index (χ0v) is 9.62. The summed E-state index contributed by atoms with van der Waals surface area (Å²) >= 11 is 0. The highest BCUT2D eigenvalue weighted by Gasteiger charge is 2.60. The molecule has 3 aliphatic rings. The first kappa shape index (κ1) is 10.4. The lowest BCUT2D eigenvalue weighted by atomic mass is 9.64. The van der Waals surface area contributed by atoms with Crippen LogP contribution in [-0.4, -0.2) is 26.6 Å². The second kappa shape index (κ2) is 3.08. The van der Waals surface area contributed by atoms with Crippen molar-refractivity contribution in [2.45, 2.75) is 18.4 Å². The van der Waals surface area contributed by atoms with Gasteiger partial charge in [0.25, 0.3) is 5.91 Å². The summed E-state index contributed by atoms with van der Waals surface area (Å²) in [5, 5.41) is 9.83. The van der Waals surface area contributed by atoms with Gasteiger partial charge in [-0.25, -0.2) is 9.36 Å². The van der Waals surface area contributed by atoms with Crippen molar-refractivity contribution < 1.29 is 14.0 Å². The Kier molecular flexibility index (Phi) is 1.69. The van der Waals surface area contributed by atoms with Crippen molar-refractivity contribution in [3.8, 4) is 0 Å². The SMILES string of the molecule is O=C1NC(=O)C2(n3c(=O)oc4ccnnc43)CC1C2. The second-order valence-electron chi connectivity index (χ2n) is 4.88. The quantitative estimate of drug-likeness (QED) is 0.669. The van der Waals surface area contributed by atoms with E-state index in [1.54, 1.807) is 0 Å². The maximum atomic E-state index is 12.1. The molecule has 1 N–H and O–H groups in total. The van der Waals surface area contributed by atoms with Crippen LogP contribution in [0.15, 0.2) is 21.5 Å². The summed E-state index contributed by atoms with van der Waals surface area (Å²) in [4.78, 5) is 35.5. The molecular formula is C11H8N4O4. The van der Waals surface area contributed by atoms with Gasteiger partial charge in [0.15, 0.2) is 5.58 Å². The number of imide groups is 1. The highest BCUT2D eigenvalue weighted by atomic mass is 16.4. The number of fused-ring (bicyclic) bond motifs is 3. The highest BCUT2D eigenvalue weighted by Crippen LogP contribution is 2.47. The Bertz CT molecular complexity index is 783. The standard InChI is InChI=1S/C11H8N4O4/c16-8-5-3-11(4-5,9(17)13-8)15-7-6(19-10(15)18)1-2-12-14-7/h1-2,5H,3-4H2,(H,13,16,17). The van der Waals surface area contributed by atoms with Gasteiger partial charge in [-0.3, -0.25) is 14.9 Å². The van der Waals surface area contributed by atoms with E-state index in [0.717, 1.165) is 0 Å². The zero-order valence-electron chi connectivity index (χ0n) is 9.62. The van der Waals surface area contributed by atoms with Gasteiger partial charge in [-0.15, -0.1) is 5.10 Å². The van der Waals surface area contributed by atoms with Crippen molar-refractivity contribution in [3.63, 3.8) is 0 Å². The summed E-state index contributed by atoms with van der Waals surface area (Å²) in [6, 6.07) is 1.51. The van der Waals surface area contributed by atoms with Crippen LogP contribution in [0.4, 0.5) is 0 Å². The molecular weight excluding hydrogens is 252 g/mol. The Morgan fingerprint density at radius 1 is 1.37 bits per heavy atom. The first-order chi connectivity index (χ1) is 9.12. The van der Waals surface area contributed by atoms with Gasteiger partial charge in [0, 0.05) is 12.0 Å². The molecule has 2 saturated heterocycles. The average molecular weight is 260 g/mol. The molecule has 0 unspecified atom stereocenters. The van der Waals surface area contributed by atoms with E-state index >= 15 is 0 Å². The molecule has 5 rings (SSSR count). The molecule has 4 heterocycles. The van der Waals surface area contributed by atoms with E-state index < -0.39 is 17.2 Å². The van der Waals surface area contributed by atoms with Crippen molar-refractivity contribution >= 4 is 23.0 Å². The average Bonchev–Trinajstić information content (AvgIpc) is 2.64. The summed E-state index contributed by atoms with van der Waals surface area (Å²) in [5.41, 5.74) is -0.547. The summed E-state index contributed by atoms with van der Waals surface area (Å²) in [6.45, 7) is 0. The van der Waals surface area contributed by atoms with Crippen LogP contribution in [0.3, 0.4) is 0 Å². The fourth-order valence-electron chi connectivity index (χ4n) is 2.89. The molecule has 0 atom stereocenters. The largest absolute Gasteiger partial charge is 0.422 e. The van der Waals surface area contributed by atoms with Gasteiger partial charge in [-0.2, -0.15) is 5.10 Å². The number of hydrogen-bond acceptors (Lipinski definition) is 6. The summed E-state index contributed by atoms with van der Waals surface area (Å²) in [6.07, 6.45) is 2.02. The minimum Gasteiger partial charge on any atom is -0.406 e. The maximum absolute atomic E-state index is 12.1. The number of carbonyl (C=O) groups is 2. The van der Waals surface area contributed by atoms with Gasteiger partial charge in [-0.1, -0.05) is 0 Å². The minimum atomic E-state index is -1.06. The van der Waals surface area contributed by atoms with E-state index in [4.69, 9.17) is 4.42 Å². The number of oxazole rings is 1. The van der Waals surface area contributed by atoms with Gasteiger partial charge >= 0.3 is 5.76 Å². The van der Waals surface area contributed by atoms with E-state index in [2.05, 4.69) is 15.5 Å². The smallest absolute Gasteiger partial charge is 0.406 e. The molecule has 3 fully saturated rings. The maximum Gasteiger partial charge on any atom is 0.422 e. The third-order valence-electron chi connectivity index (χ3n) is 3.88. The molecule has 1 saturated carbocycles. The van der Waals surface area contributed by atoms with Crippen LogP contribution in [0, 0.1) is 5.92 Å². The monoisotopic (exact) mass is 260 g/mol. The molecule has 2 aromatic heterocycles. The first-order valence-electron chi connectivity index (χ1n) is 5.81. The molecule has 19 heavy (non-hydrogen) atoms. The first-order valence-corrected chi connectivity index (χ1v) is 5.81. The predicted octanol–water partition coefficient (Wildman–Crippen LogP) is -0.854. The lowest BCUT2D eigenvalue weighted by Gasteiger charge is -2.49. The highest BCUT2D eigenvalue weighted by molar-refractivity contribution is 6.06. The Hall–Kier alpha value is -2.51. The van der Waals surface area contributed by atoms with Gasteiger partial charge in [-0.05, 0) is 12.8 Å². The summed E-state index contributed by atoms with van der Waals surface area (Å²) in [5.74, 6) is -1.64. The van der Waals surface area contributed by atoms with Crippen LogP contribution in [0.25, 0.3) is 11.2 Å². The molecule has 0 spiro atoms. The molecule has 0 aromatic carbocycles. The number of hydrogen-bond donors (Lipinski definition) is 1. The molecule has 8 heteroatoms. The molecule has 2 aromatic rings. The number of nitrogens with zero attached hydrogens (tertiary/aromatic N) is 3. The van der Waals surface area contributed by atoms with E-state index in [9.17, 15) is 14.4 Å². The minimum absolute atomic E-state index is 0.230. The number of aromatic nitrogens is 3. The Morgan fingerprint density at radius 3 is 2.89 bits per heavy atom. The van der Waals surface area contributed by atoms with Crippen molar-refractivity contribution in [1.82, 2.24) is 20.1 Å². The van der Waals surface area contributed by atoms with Crippen LogP contribution >= 0.6 is 0 Å². The number of piperidine rings is 2. The van der Waals surface area contributed by atoms with Gasteiger partial charge in [0.1, 0.15) is 5.54 Å². The molecule has 96 valence electrons. The molecule has 2 aliphatic heterocycles. The number of nitrogens with one attached hydrogen (secondary N) is 1. The summed E-state index contributed by atoms with van der Waals surface area (Å²) < 4.78 is 6.27. The summed E-state index contributed by atoms with van der Waals surface area (Å²) in [7, 11) is 0. The van der Waals surface area contributed by atoms with Crippen LogP contribution in [0.1, 0.15) is 12.8 Å². The number of carbonyl (C=O) groups excluding carboxylic acids is 2. The van der Waals surface area contributed by atoms with E-state index in [0.29, 0.717) is 12.8 Å². The Morgan fingerprint density at radius 2 is 2.16 bits per heavy atom. The van der Waals surface area contributed by atoms with E-state index in [-0.39, 0.29) is 23.1 Å². The number of rotatable bonds is 1. The van der Waals surface area contributed by atoms with Crippen molar-refractivity contribution in [2.75, 3.05) is 0 Å². The van der Waals surface area contributed by atoms with Crippen molar-refractivity contribution in [1.29, 1.82) is 0 Å². The normalized spacial score (nSPS) is 29.2. The third kappa shape index (κ3) is 1.11. The predicted molar refractivity (Wildman–Crippen MR) is 59.9 cm³/mol. The third-order valence-corrected chi connectivity index (χ3v) is 3.88. The Balaban J connectivity index is 1.97. The molecule has 2 bridgehead atoms. The van der Waals surface area contributed by atoms with E-state index in [1.165, 1.54) is 16.8 Å². The molecule has 8 nitrogen and oxygen atoms in total. The van der Waals surface area contributed by atoms with Crippen LogP contribution in [0.2, 0.25) is 0 Å². The van der Waals surface area contributed by atoms with Crippen LogP contribution in [-0.2, 0) is 15.1 Å². The lowest BCUT2D eigenvalue weighted by Crippen LogP contribution is -2.68. The zero-order chi connectivity index (χ0) is 13.2. The molecule has 0 radical (unpaired) electrons. The van der Waals surface area contributed by atoms with Gasteiger partial charge < -0.3 is 4.42 Å². The van der Waals surface area contributed by atoms with Crippen molar-refractivity contribution in [3.05, 3.63) is 22.8 Å². The van der Waals surface area contributed by atoms with Crippen LogP contribution in [0.5, 0.6) is 0 Å². The van der Waals surface area contributed by atoms with E-state index in [1.807, 2.05) is 0 Å². The lowest BCUT2D eigenvalue weighted by molar-refractivity contribution is -0.156. The van der Waals surface area contributed by atoms with Crippen molar-refractivity contribution in [2.24, 2.45) is 5.92 Å². The van der Waals surface area contributed by atoms with Gasteiger partial charge in [0.05, 0.1) is 6.20 Å². The topological polar surface area (TPSA) is 107 Å². The molecule has 2 amide bonds. The second-order valence-corrected chi connectivity index (χ2v) is 4.88. The van der Waals surface area contributed by atoms with Gasteiger partial charge in [0.2, 0.25) is 11.6 Å². The molecule has 1 aliphatic carbocycles. The fourth-order valence-corrected chi connectivity index (χ4v) is 2.89. The van der Waals surface area contributed by atoms with Crippen LogP contribution < -0.4 is 11.1 Å². The number of amides is 2. The Labute approximate surface area is 105 Å².